The molecule has 0 unspecified atom stereocenters. The van der Waals surface area contributed by atoms with Crippen molar-refractivity contribution in [3.05, 3.63) is 120 Å². The first-order valence-electron chi connectivity index (χ1n) is 24.1. The summed E-state index contributed by atoms with van der Waals surface area (Å²) >= 11 is 0. The van der Waals surface area contributed by atoms with Crippen molar-refractivity contribution in [2.45, 2.75) is 213 Å². The van der Waals surface area contributed by atoms with Crippen molar-refractivity contribution in [2.24, 2.45) is 0 Å². The van der Waals surface area contributed by atoms with E-state index >= 15 is 0 Å². The monoisotopic (exact) mass is 776 g/mol. The molecule has 4 nitrogen and oxygen atoms in total. The van der Waals surface area contributed by atoms with E-state index in [1.807, 2.05) is 18.5 Å². The maximum Gasteiger partial charge on any atom is 0.171 e. The Hall–Kier alpha value is -3.40. The van der Waals surface area contributed by atoms with Crippen molar-refractivity contribution in [1.29, 1.82) is 0 Å². The van der Waals surface area contributed by atoms with Crippen LogP contribution in [-0.2, 0) is 45.3 Å². The maximum atomic E-state index is 4.23. The molecule has 57 heavy (non-hydrogen) atoms. The Labute approximate surface area is 350 Å². The van der Waals surface area contributed by atoms with E-state index in [2.05, 4.69) is 105 Å². The van der Waals surface area contributed by atoms with Crippen LogP contribution >= 0.6 is 0 Å². The van der Waals surface area contributed by atoms with Gasteiger partial charge in [0.15, 0.2) is 37.2 Å². The number of hydrogen-bond donors (Lipinski definition) is 0. The number of pyridine rings is 4. The Morgan fingerprint density at radius 3 is 1.02 bits per heavy atom. The molecule has 0 aromatic carbocycles. The largest absolute Gasteiger partial charge is 0.264 e. The molecule has 0 radical (unpaired) electrons. The Morgan fingerprint density at radius 2 is 0.667 bits per heavy atom. The van der Waals surface area contributed by atoms with Gasteiger partial charge in [0.2, 0.25) is 0 Å². The van der Waals surface area contributed by atoms with Gasteiger partial charge in [-0.25, -0.2) is 13.7 Å². The number of hydrogen-bond acceptors (Lipinski definition) is 1. The predicted octanol–water partition coefficient (Wildman–Crippen LogP) is 13.0. The summed E-state index contributed by atoms with van der Waals surface area (Å²) in [7, 11) is 0. The fourth-order valence-electron chi connectivity index (χ4n) is 8.41. The molecule has 0 aliphatic rings. The molecule has 0 aliphatic carbocycles. The lowest BCUT2D eigenvalue weighted by atomic mass is 10.1. The predicted molar refractivity (Wildman–Crippen MR) is 240 cm³/mol. The van der Waals surface area contributed by atoms with Gasteiger partial charge in [0.25, 0.3) is 0 Å². The van der Waals surface area contributed by atoms with Gasteiger partial charge in [-0.05, 0) is 100 Å². The molecule has 312 valence electrons. The van der Waals surface area contributed by atoms with Crippen LogP contribution in [0.4, 0.5) is 0 Å². The zero-order valence-corrected chi connectivity index (χ0v) is 36.7. The first-order valence-corrected chi connectivity index (χ1v) is 24.1. The number of rotatable bonds is 35. The highest BCUT2D eigenvalue weighted by atomic mass is 14.9. The van der Waals surface area contributed by atoms with Gasteiger partial charge < -0.3 is 0 Å². The van der Waals surface area contributed by atoms with E-state index < -0.39 is 0 Å². The average Bonchev–Trinajstić information content (AvgIpc) is 3.24. The molecule has 4 rings (SSSR count). The zero-order valence-electron chi connectivity index (χ0n) is 36.7. The summed E-state index contributed by atoms with van der Waals surface area (Å²) in [5.74, 6) is 0. The lowest BCUT2D eigenvalue weighted by Gasteiger charge is -2.04. The molecule has 0 bridgehead atoms. The van der Waals surface area contributed by atoms with Crippen LogP contribution in [0.15, 0.2) is 98.1 Å². The summed E-state index contributed by atoms with van der Waals surface area (Å²) < 4.78 is 7.29. The van der Waals surface area contributed by atoms with Crippen LogP contribution < -0.4 is 13.7 Å². The van der Waals surface area contributed by atoms with E-state index in [9.17, 15) is 0 Å². The lowest BCUT2D eigenvalue weighted by Crippen LogP contribution is -2.33. The summed E-state index contributed by atoms with van der Waals surface area (Å²) in [6.07, 6.45) is 56.5. The van der Waals surface area contributed by atoms with E-state index in [0.29, 0.717) is 0 Å². The van der Waals surface area contributed by atoms with Crippen molar-refractivity contribution in [1.82, 2.24) is 4.98 Å². The maximum absolute atomic E-state index is 4.23. The molecule has 0 N–H and O–H groups in total. The van der Waals surface area contributed by atoms with Crippen LogP contribution in [0.5, 0.6) is 0 Å². The fourth-order valence-corrected chi connectivity index (χ4v) is 8.41. The van der Waals surface area contributed by atoms with E-state index in [0.717, 1.165) is 13.1 Å². The van der Waals surface area contributed by atoms with Gasteiger partial charge in [0, 0.05) is 66.5 Å². The second-order valence-corrected chi connectivity index (χ2v) is 17.2. The molecule has 0 amide bonds. The number of aryl methyl sites for hydroxylation is 7. The number of unbranched alkanes of at least 4 members (excludes halogenated alkanes) is 21. The van der Waals surface area contributed by atoms with Crippen LogP contribution in [0.3, 0.4) is 0 Å². The van der Waals surface area contributed by atoms with E-state index in [1.165, 1.54) is 215 Å². The Balaban J connectivity index is 0.928. The molecule has 0 saturated carbocycles. The molecule has 0 spiro atoms. The van der Waals surface area contributed by atoms with E-state index in [4.69, 9.17) is 0 Å². The quantitative estimate of drug-likeness (QED) is 0.0337. The molecule has 0 saturated heterocycles. The molecular weight excluding hydrogens is 693 g/mol. The van der Waals surface area contributed by atoms with Crippen molar-refractivity contribution < 1.29 is 13.7 Å². The third kappa shape index (κ3) is 23.0. The second kappa shape index (κ2) is 31.6. The third-order valence-electron chi connectivity index (χ3n) is 11.9. The highest BCUT2D eigenvalue weighted by molar-refractivity contribution is 5.08. The number of nitrogens with zero attached hydrogens (tertiary/aromatic N) is 4. The third-order valence-corrected chi connectivity index (χ3v) is 11.9. The van der Waals surface area contributed by atoms with E-state index in [-0.39, 0.29) is 0 Å². The summed E-state index contributed by atoms with van der Waals surface area (Å²) in [5.41, 5.74) is 5.90. The van der Waals surface area contributed by atoms with Crippen LogP contribution in [0.2, 0.25) is 0 Å². The molecule has 4 aromatic rings. The van der Waals surface area contributed by atoms with Crippen molar-refractivity contribution in [3.8, 4) is 0 Å². The second-order valence-electron chi connectivity index (χ2n) is 17.2. The van der Waals surface area contributed by atoms with Crippen molar-refractivity contribution in [2.75, 3.05) is 0 Å². The summed E-state index contributed by atoms with van der Waals surface area (Å²) in [4.78, 5) is 4.23. The highest BCUT2D eigenvalue weighted by Crippen LogP contribution is 2.13. The van der Waals surface area contributed by atoms with Crippen LogP contribution in [-0.4, -0.2) is 4.98 Å². The molecule has 4 heterocycles. The Bertz CT molecular complexity index is 1530. The molecule has 4 heteroatoms. The first-order chi connectivity index (χ1) is 28.3. The molecule has 4 aromatic heterocycles. The van der Waals surface area contributed by atoms with Gasteiger partial charge in [-0.15, -0.1) is 0 Å². The topological polar surface area (TPSA) is 24.5 Å². The van der Waals surface area contributed by atoms with Crippen LogP contribution in [0, 0.1) is 0 Å². The minimum Gasteiger partial charge on any atom is -0.264 e. The highest BCUT2D eigenvalue weighted by Gasteiger charge is 2.07. The smallest absolute Gasteiger partial charge is 0.171 e. The molecule has 0 fully saturated rings. The fraction of sp³-hybridized carbons (Fsp3) is 0.623. The number of aromatic nitrogens is 4. The molecular formula is C53H83N4+3. The standard InChI is InChI=1S/C53H83N4/c1-2-3-4-5-6-14-21-32-51-36-28-43-56(47-51)41-25-18-11-8-16-23-34-53-38-30-45-57(49-53)42-26-19-12-9-15-22-33-52-37-29-44-55(48-52)40-24-17-10-7-13-20-31-50-35-27-39-54-46-50/h27-30,35-39,43-49H,2-26,31-34,40-42H2,1H3/q+3. The van der Waals surface area contributed by atoms with Gasteiger partial charge in [-0.1, -0.05) is 109 Å². The van der Waals surface area contributed by atoms with Gasteiger partial charge >= 0.3 is 0 Å². The molecule has 0 aliphatic heterocycles. The SMILES string of the molecule is CCCCCCCCCc1ccc[n+](CCCCCCCCc2ccc[n+](CCCCCCCCc3ccc[n+](CCCCCCCCc4cccnc4)c3)c2)c1. The van der Waals surface area contributed by atoms with Gasteiger partial charge in [0.1, 0.15) is 19.6 Å². The van der Waals surface area contributed by atoms with Gasteiger partial charge in [-0.3, -0.25) is 4.98 Å². The minimum absolute atomic E-state index is 1.15. The van der Waals surface area contributed by atoms with Crippen LogP contribution in [0.25, 0.3) is 0 Å². The zero-order chi connectivity index (χ0) is 39.7. The summed E-state index contributed by atoms with van der Waals surface area (Å²) in [6, 6.07) is 18.0. The average molecular weight is 776 g/mol. The first kappa shape index (κ1) is 46.3. The normalized spacial score (nSPS) is 11.4. The van der Waals surface area contributed by atoms with Crippen molar-refractivity contribution in [3.63, 3.8) is 0 Å². The van der Waals surface area contributed by atoms with E-state index in [1.54, 1.807) is 0 Å². The molecule has 0 atom stereocenters. The van der Waals surface area contributed by atoms with Gasteiger partial charge in [-0.2, -0.15) is 0 Å². The summed E-state index contributed by atoms with van der Waals surface area (Å²) in [5, 5.41) is 0. The van der Waals surface area contributed by atoms with Crippen LogP contribution in [0.1, 0.15) is 190 Å². The minimum atomic E-state index is 1.15. The Morgan fingerprint density at radius 1 is 0.351 bits per heavy atom. The van der Waals surface area contributed by atoms with Crippen molar-refractivity contribution >= 4 is 0 Å². The summed E-state index contributed by atoms with van der Waals surface area (Å²) in [6.45, 7) is 5.77. The van der Waals surface area contributed by atoms with Gasteiger partial charge in [0.05, 0.1) is 0 Å². The Kier molecular flexibility index (Phi) is 25.6. The lowest BCUT2D eigenvalue weighted by molar-refractivity contribution is -0.697.